The lowest BCUT2D eigenvalue weighted by molar-refractivity contribution is 0.0926. The van der Waals surface area contributed by atoms with Crippen molar-refractivity contribution in [2.75, 3.05) is 10.6 Å². The zero-order chi connectivity index (χ0) is 19.2. The third-order valence-electron chi connectivity index (χ3n) is 4.89. The number of carbonyl (C=O) groups is 2. The lowest BCUT2D eigenvalue weighted by Crippen LogP contribution is -2.40. The molecule has 6 nitrogen and oxygen atoms in total. The summed E-state index contributed by atoms with van der Waals surface area (Å²) in [5.41, 5.74) is 8.66. The van der Waals surface area contributed by atoms with E-state index in [2.05, 4.69) is 16.0 Å². The van der Waals surface area contributed by atoms with Crippen LogP contribution in [0.1, 0.15) is 41.6 Å². The van der Waals surface area contributed by atoms with Gasteiger partial charge < -0.3 is 21.7 Å². The molecule has 0 unspecified atom stereocenters. The molecule has 142 valence electrons. The van der Waals surface area contributed by atoms with Gasteiger partial charge in [-0.1, -0.05) is 24.3 Å². The number of nitrogens with two attached hydrogens (primary N) is 1. The second kappa shape index (κ2) is 8.68. The third kappa shape index (κ3) is 5.31. The molecule has 2 aromatic rings. The van der Waals surface area contributed by atoms with Crippen LogP contribution in [0.3, 0.4) is 0 Å². The van der Waals surface area contributed by atoms with Crippen molar-refractivity contribution in [3.8, 4) is 0 Å². The number of nitrogens with one attached hydrogen (secondary N) is 3. The summed E-state index contributed by atoms with van der Waals surface area (Å²) in [6, 6.07) is 14.6. The standard InChI is InChI=1S/C21H26N4O2/c1-14-7-8-15(20(26)23-18-11-9-16(22)10-12-18)13-19(14)25-21(27)24-17-5-3-2-4-6-17/h2-8,13,16,18H,9-12,22H2,1H3,(H,23,26)(H2,24,25,27). The fraction of sp³-hybridized carbons (Fsp3) is 0.333. The highest BCUT2D eigenvalue weighted by Gasteiger charge is 2.21. The van der Waals surface area contributed by atoms with Crippen LogP contribution in [-0.2, 0) is 0 Å². The highest BCUT2D eigenvalue weighted by molar-refractivity contribution is 6.02. The molecule has 0 aliphatic heterocycles. The van der Waals surface area contributed by atoms with E-state index in [0.29, 0.717) is 16.9 Å². The lowest BCUT2D eigenvalue weighted by atomic mass is 9.91. The van der Waals surface area contributed by atoms with E-state index in [0.717, 1.165) is 31.2 Å². The third-order valence-corrected chi connectivity index (χ3v) is 4.89. The topological polar surface area (TPSA) is 96.2 Å². The Bertz CT molecular complexity index is 799. The molecule has 1 fully saturated rings. The Morgan fingerprint density at radius 3 is 2.37 bits per heavy atom. The quantitative estimate of drug-likeness (QED) is 0.665. The van der Waals surface area contributed by atoms with Crippen molar-refractivity contribution in [2.24, 2.45) is 5.73 Å². The van der Waals surface area contributed by atoms with Crippen molar-refractivity contribution < 1.29 is 9.59 Å². The molecule has 0 bridgehead atoms. The van der Waals surface area contributed by atoms with Crippen molar-refractivity contribution in [1.82, 2.24) is 5.32 Å². The second-order valence-electron chi connectivity index (χ2n) is 7.06. The van der Waals surface area contributed by atoms with Crippen molar-refractivity contribution in [1.29, 1.82) is 0 Å². The highest BCUT2D eigenvalue weighted by Crippen LogP contribution is 2.20. The average Bonchev–Trinajstić information content (AvgIpc) is 2.66. The van der Waals surface area contributed by atoms with E-state index in [9.17, 15) is 9.59 Å². The van der Waals surface area contributed by atoms with Crippen molar-refractivity contribution in [2.45, 2.75) is 44.7 Å². The fourth-order valence-corrected chi connectivity index (χ4v) is 3.24. The summed E-state index contributed by atoms with van der Waals surface area (Å²) in [4.78, 5) is 24.8. The first-order chi connectivity index (χ1) is 13.0. The minimum atomic E-state index is -0.344. The van der Waals surface area contributed by atoms with Crippen molar-refractivity contribution in [3.63, 3.8) is 0 Å². The highest BCUT2D eigenvalue weighted by atomic mass is 16.2. The fourth-order valence-electron chi connectivity index (χ4n) is 3.24. The van der Waals surface area contributed by atoms with Gasteiger partial charge in [-0.3, -0.25) is 4.79 Å². The number of anilines is 2. The molecular weight excluding hydrogens is 340 g/mol. The SMILES string of the molecule is Cc1ccc(C(=O)NC2CCC(N)CC2)cc1NC(=O)Nc1ccccc1. The average molecular weight is 366 g/mol. The number of aryl methyl sites for hydroxylation is 1. The van der Waals surface area contributed by atoms with E-state index in [1.54, 1.807) is 12.1 Å². The van der Waals surface area contributed by atoms with Crippen LogP contribution in [0.25, 0.3) is 0 Å². The van der Waals surface area contributed by atoms with Crippen LogP contribution in [0.5, 0.6) is 0 Å². The molecule has 0 spiro atoms. The van der Waals surface area contributed by atoms with Gasteiger partial charge in [0.15, 0.2) is 0 Å². The molecule has 0 heterocycles. The van der Waals surface area contributed by atoms with E-state index in [1.807, 2.05) is 43.3 Å². The number of carbonyl (C=O) groups excluding carboxylic acids is 2. The normalized spacial score (nSPS) is 19.2. The Kier molecular flexibility index (Phi) is 6.08. The van der Waals surface area contributed by atoms with Gasteiger partial charge in [0.05, 0.1) is 0 Å². The number of urea groups is 1. The minimum Gasteiger partial charge on any atom is -0.349 e. The van der Waals surface area contributed by atoms with E-state index >= 15 is 0 Å². The molecule has 1 saturated carbocycles. The van der Waals surface area contributed by atoms with Crippen LogP contribution >= 0.6 is 0 Å². The van der Waals surface area contributed by atoms with Crippen LogP contribution in [0.4, 0.5) is 16.2 Å². The zero-order valence-corrected chi connectivity index (χ0v) is 15.5. The summed E-state index contributed by atoms with van der Waals surface area (Å²) < 4.78 is 0. The number of para-hydroxylation sites is 1. The van der Waals surface area contributed by atoms with Gasteiger partial charge in [-0.2, -0.15) is 0 Å². The first kappa shape index (κ1) is 18.9. The van der Waals surface area contributed by atoms with Gasteiger partial charge in [0, 0.05) is 29.0 Å². The summed E-state index contributed by atoms with van der Waals surface area (Å²) in [6.07, 6.45) is 3.68. The van der Waals surface area contributed by atoms with E-state index < -0.39 is 0 Å². The zero-order valence-electron chi connectivity index (χ0n) is 15.5. The Hall–Kier alpha value is -2.86. The minimum absolute atomic E-state index is 0.123. The molecule has 2 aromatic carbocycles. The predicted molar refractivity (Wildman–Crippen MR) is 108 cm³/mol. The first-order valence-corrected chi connectivity index (χ1v) is 9.31. The van der Waals surface area contributed by atoms with Crippen LogP contribution in [0, 0.1) is 6.92 Å². The summed E-state index contributed by atoms with van der Waals surface area (Å²) in [5, 5.41) is 8.66. The van der Waals surface area contributed by atoms with Gasteiger partial charge in [0.2, 0.25) is 0 Å². The number of amides is 3. The molecule has 3 amide bonds. The Labute approximate surface area is 159 Å². The molecule has 0 radical (unpaired) electrons. The summed E-state index contributed by atoms with van der Waals surface area (Å²) in [6.45, 7) is 1.89. The number of rotatable bonds is 4. The van der Waals surface area contributed by atoms with E-state index in [1.165, 1.54) is 0 Å². The van der Waals surface area contributed by atoms with E-state index in [4.69, 9.17) is 5.73 Å². The number of hydrogen-bond acceptors (Lipinski definition) is 3. The van der Waals surface area contributed by atoms with Gasteiger partial charge in [0.1, 0.15) is 0 Å². The molecule has 1 aliphatic rings. The van der Waals surface area contributed by atoms with Gasteiger partial charge >= 0.3 is 6.03 Å². The van der Waals surface area contributed by atoms with Crippen molar-refractivity contribution >= 4 is 23.3 Å². The number of hydrogen-bond donors (Lipinski definition) is 4. The molecule has 5 N–H and O–H groups in total. The Balaban J connectivity index is 1.63. The maximum absolute atomic E-state index is 12.6. The monoisotopic (exact) mass is 366 g/mol. The van der Waals surface area contributed by atoms with Gasteiger partial charge in [-0.15, -0.1) is 0 Å². The molecule has 3 rings (SSSR count). The van der Waals surface area contributed by atoms with Crippen LogP contribution < -0.4 is 21.7 Å². The molecule has 1 aliphatic carbocycles. The largest absolute Gasteiger partial charge is 0.349 e. The van der Waals surface area contributed by atoms with Crippen molar-refractivity contribution in [3.05, 3.63) is 59.7 Å². The Morgan fingerprint density at radius 2 is 1.67 bits per heavy atom. The van der Waals surface area contributed by atoms with Crippen LogP contribution in [0.15, 0.2) is 48.5 Å². The molecular formula is C21H26N4O2. The van der Waals surface area contributed by atoms with Gasteiger partial charge in [0.25, 0.3) is 5.91 Å². The molecule has 0 atom stereocenters. The molecule has 27 heavy (non-hydrogen) atoms. The Morgan fingerprint density at radius 1 is 0.963 bits per heavy atom. The summed E-state index contributed by atoms with van der Waals surface area (Å²) >= 11 is 0. The van der Waals surface area contributed by atoms with Gasteiger partial charge in [-0.05, 0) is 62.4 Å². The number of benzene rings is 2. The molecule has 6 heteroatoms. The molecule has 0 saturated heterocycles. The lowest BCUT2D eigenvalue weighted by Gasteiger charge is -2.26. The predicted octanol–water partition coefficient (Wildman–Crippen LogP) is 3.64. The second-order valence-corrected chi connectivity index (χ2v) is 7.06. The molecule has 0 aromatic heterocycles. The van der Waals surface area contributed by atoms with Crippen LogP contribution in [-0.4, -0.2) is 24.0 Å². The smallest absolute Gasteiger partial charge is 0.323 e. The summed E-state index contributed by atoms with van der Waals surface area (Å²) in [5.74, 6) is -0.123. The van der Waals surface area contributed by atoms with Gasteiger partial charge in [-0.25, -0.2) is 4.79 Å². The van der Waals surface area contributed by atoms with E-state index in [-0.39, 0.29) is 24.0 Å². The maximum atomic E-state index is 12.6. The summed E-state index contributed by atoms with van der Waals surface area (Å²) in [7, 11) is 0. The maximum Gasteiger partial charge on any atom is 0.323 e. The first-order valence-electron chi connectivity index (χ1n) is 9.31. The van der Waals surface area contributed by atoms with Crippen LogP contribution in [0.2, 0.25) is 0 Å².